The zero-order valence-corrected chi connectivity index (χ0v) is 9.85. The fourth-order valence-corrected chi connectivity index (χ4v) is 0.727. The number of aromatic carboxylic acids is 1. The van der Waals surface area contributed by atoms with Gasteiger partial charge >= 0.3 is 17.1 Å². The first-order valence-corrected chi connectivity index (χ1v) is 4.25. The van der Waals surface area contributed by atoms with Crippen molar-refractivity contribution in [2.24, 2.45) is 0 Å². The van der Waals surface area contributed by atoms with E-state index in [-0.39, 0.29) is 22.6 Å². The van der Waals surface area contributed by atoms with Gasteiger partial charge in [0.05, 0.1) is 13.1 Å². The molecule has 0 aliphatic rings. The van der Waals surface area contributed by atoms with Gasteiger partial charge in [0.25, 0.3) is 0 Å². The van der Waals surface area contributed by atoms with E-state index < -0.39 is 5.97 Å². The number of carboxylic acids is 1. The molecule has 0 aromatic heterocycles. The number of hydrogen-bond donors (Lipinski definition) is 0. The summed E-state index contributed by atoms with van der Waals surface area (Å²) < 4.78 is 4.84. The number of hydrogen-bond acceptors (Lipinski definition) is 3. The largest absolute Gasteiger partial charge is 1.00 e. The third-order valence-electron chi connectivity index (χ3n) is 1.33. The van der Waals surface area contributed by atoms with E-state index in [4.69, 9.17) is 4.74 Å². The van der Waals surface area contributed by atoms with Crippen molar-refractivity contribution in [1.82, 2.24) is 0 Å². The van der Waals surface area contributed by atoms with Crippen molar-refractivity contribution in [2.45, 2.75) is 13.8 Å². The molecule has 1 radical (unpaired) electrons. The molecule has 0 saturated carbocycles. The van der Waals surface area contributed by atoms with Gasteiger partial charge in [0.1, 0.15) is 5.75 Å². The van der Waals surface area contributed by atoms with E-state index in [1.807, 2.05) is 20.3 Å². The van der Waals surface area contributed by atoms with Gasteiger partial charge in [-0.2, -0.15) is 0 Å². The van der Waals surface area contributed by atoms with Gasteiger partial charge in [0.15, 0.2) is 0 Å². The van der Waals surface area contributed by atoms with Crippen LogP contribution < -0.4 is 9.84 Å². The van der Waals surface area contributed by atoms with Gasteiger partial charge in [-0.1, -0.05) is 13.8 Å². The number of benzene rings is 1. The quantitative estimate of drug-likeness (QED) is 0.750. The minimum atomic E-state index is -1.17. The molecule has 0 spiro atoms. The molecule has 0 bridgehead atoms. The summed E-state index contributed by atoms with van der Waals surface area (Å²) in [6.45, 7) is 4.00. The topological polar surface area (TPSA) is 49.4 Å². The van der Waals surface area contributed by atoms with Gasteiger partial charge in [-0.15, -0.1) is 0 Å². The van der Waals surface area contributed by atoms with Crippen LogP contribution in [-0.4, -0.2) is 13.1 Å². The molecular weight excluding hydrogens is 244 g/mol. The molecule has 4 heteroatoms. The molecule has 87 valence electrons. The summed E-state index contributed by atoms with van der Waals surface area (Å²) >= 11 is 0. The number of carbonyl (C=O) groups is 1. The average Bonchev–Trinajstić information content (AvgIpc) is 2.19. The van der Waals surface area contributed by atoms with Gasteiger partial charge in [0, 0.05) is 0 Å². The van der Waals surface area contributed by atoms with E-state index in [0.29, 0.717) is 5.75 Å². The Morgan fingerprint density at radius 1 is 1.27 bits per heavy atom. The normalized spacial score (nSPS) is 7.93. The minimum absolute atomic E-state index is 0. The molecule has 0 unspecified atom stereocenters. The van der Waals surface area contributed by atoms with Crippen LogP contribution in [0.25, 0.3) is 0 Å². The molecule has 1 rings (SSSR count). The zero-order chi connectivity index (χ0) is 11.0. The van der Waals surface area contributed by atoms with Crippen LogP contribution in [0, 0.1) is 6.42 Å². The standard InChI is InChI=1S/C8H8O3.C3H7.Cu/c1-11-7-4-2-6(3-5-7)8(9)10;1-3-2;/h2-5H,1H3,(H,9,10);3H,1-2H3;/q;;+1/p-1. The van der Waals surface area contributed by atoms with Crippen LogP contribution in [0.3, 0.4) is 0 Å². The molecule has 0 atom stereocenters. The SMILES string of the molecule is COc1ccc(C(=O)[O-])cc1.C[CH]C.[Cu+]. The molecule has 0 aliphatic heterocycles. The van der Waals surface area contributed by atoms with Crippen LogP contribution in [0.1, 0.15) is 24.2 Å². The Bertz CT molecular complexity index is 270. The summed E-state index contributed by atoms with van der Waals surface area (Å²) in [6, 6.07) is 6.03. The Morgan fingerprint density at radius 3 is 1.93 bits per heavy atom. The fraction of sp³-hybridized carbons (Fsp3) is 0.273. The first-order valence-electron chi connectivity index (χ1n) is 4.25. The summed E-state index contributed by atoms with van der Waals surface area (Å²) in [5.41, 5.74) is 0.158. The van der Waals surface area contributed by atoms with Crippen LogP contribution in [0.4, 0.5) is 0 Å². The van der Waals surface area contributed by atoms with Gasteiger partial charge < -0.3 is 14.6 Å². The van der Waals surface area contributed by atoms with E-state index in [0.717, 1.165) is 0 Å². The number of rotatable bonds is 2. The molecule has 15 heavy (non-hydrogen) atoms. The van der Waals surface area contributed by atoms with Crippen LogP contribution in [0.2, 0.25) is 0 Å². The first kappa shape index (κ1) is 16.4. The summed E-state index contributed by atoms with van der Waals surface area (Å²) in [5.74, 6) is -0.539. The molecule has 0 heterocycles. The van der Waals surface area contributed by atoms with Gasteiger partial charge in [-0.05, 0) is 36.2 Å². The van der Waals surface area contributed by atoms with E-state index in [9.17, 15) is 9.90 Å². The van der Waals surface area contributed by atoms with Crippen LogP contribution >= 0.6 is 0 Å². The predicted octanol–water partition coefficient (Wildman–Crippen LogP) is 1.29. The Kier molecular flexibility index (Phi) is 10.5. The Hall–Kier alpha value is -0.991. The molecule has 0 aliphatic carbocycles. The number of carbonyl (C=O) groups excluding carboxylic acids is 1. The Balaban J connectivity index is 0. The second-order valence-electron chi connectivity index (χ2n) is 2.59. The molecule has 0 fully saturated rings. The van der Waals surface area contributed by atoms with Crippen molar-refractivity contribution in [1.29, 1.82) is 0 Å². The fourth-order valence-electron chi connectivity index (χ4n) is 0.727. The van der Waals surface area contributed by atoms with Gasteiger partial charge in [-0.3, -0.25) is 0 Å². The molecule has 1 aromatic carbocycles. The zero-order valence-electron chi connectivity index (χ0n) is 8.91. The van der Waals surface area contributed by atoms with Crippen LogP contribution in [0.5, 0.6) is 5.75 Å². The minimum Gasteiger partial charge on any atom is -0.545 e. The number of methoxy groups -OCH3 is 1. The maximum atomic E-state index is 10.2. The second-order valence-corrected chi connectivity index (χ2v) is 2.59. The van der Waals surface area contributed by atoms with Crippen molar-refractivity contribution in [3.63, 3.8) is 0 Å². The molecule has 0 saturated heterocycles. The van der Waals surface area contributed by atoms with E-state index in [1.165, 1.54) is 19.2 Å². The first-order chi connectivity index (χ1) is 6.65. The van der Waals surface area contributed by atoms with Gasteiger partial charge in [0.2, 0.25) is 0 Å². The number of ether oxygens (including phenoxy) is 1. The molecule has 3 nitrogen and oxygen atoms in total. The van der Waals surface area contributed by atoms with Crippen molar-refractivity contribution >= 4 is 5.97 Å². The van der Waals surface area contributed by atoms with Gasteiger partial charge in [-0.25, -0.2) is 0 Å². The monoisotopic (exact) mass is 257 g/mol. The second kappa shape index (κ2) is 9.56. The maximum Gasteiger partial charge on any atom is 1.00 e. The smallest absolute Gasteiger partial charge is 0.545 e. The van der Waals surface area contributed by atoms with Crippen molar-refractivity contribution in [3.8, 4) is 5.75 Å². The predicted molar refractivity (Wildman–Crippen MR) is 53.0 cm³/mol. The van der Waals surface area contributed by atoms with Crippen molar-refractivity contribution in [3.05, 3.63) is 36.2 Å². The van der Waals surface area contributed by atoms with E-state index >= 15 is 0 Å². The summed E-state index contributed by atoms with van der Waals surface area (Å²) in [6.07, 6.45) is 2.00. The molecule has 1 aromatic rings. The van der Waals surface area contributed by atoms with E-state index in [2.05, 4.69) is 0 Å². The average molecular weight is 258 g/mol. The summed E-state index contributed by atoms with van der Waals surface area (Å²) in [4.78, 5) is 10.2. The van der Waals surface area contributed by atoms with Crippen molar-refractivity contribution < 1.29 is 31.7 Å². The molecule has 0 N–H and O–H groups in total. The van der Waals surface area contributed by atoms with Crippen LogP contribution in [0.15, 0.2) is 24.3 Å². The third-order valence-corrected chi connectivity index (χ3v) is 1.33. The van der Waals surface area contributed by atoms with Crippen molar-refractivity contribution in [2.75, 3.05) is 7.11 Å². The Morgan fingerprint density at radius 2 is 1.67 bits per heavy atom. The van der Waals surface area contributed by atoms with Crippen LogP contribution in [-0.2, 0) is 17.1 Å². The molecule has 0 amide bonds. The Labute approximate surface area is 101 Å². The van der Waals surface area contributed by atoms with E-state index in [1.54, 1.807) is 12.1 Å². The third kappa shape index (κ3) is 7.00. The maximum absolute atomic E-state index is 10.2. The summed E-state index contributed by atoms with van der Waals surface area (Å²) in [7, 11) is 1.52. The number of carboxylic acid groups (broad SMARTS) is 1. The molecular formula is C11H14CuO3. The summed E-state index contributed by atoms with van der Waals surface area (Å²) in [5, 5.41) is 10.2.